The molecule has 5 nitrogen and oxygen atoms in total. The predicted molar refractivity (Wildman–Crippen MR) is 74.4 cm³/mol. The number of rotatable bonds is 3. The lowest BCUT2D eigenvalue weighted by molar-refractivity contribution is -0.131. The molecule has 1 N–H and O–H groups in total. The van der Waals surface area contributed by atoms with E-state index in [-0.39, 0.29) is 12.0 Å². The molecule has 0 aliphatic carbocycles. The fourth-order valence-electron chi connectivity index (χ4n) is 2.09. The summed E-state index contributed by atoms with van der Waals surface area (Å²) in [6.45, 7) is 3.70. The van der Waals surface area contributed by atoms with Gasteiger partial charge in [0.15, 0.2) is 0 Å². The van der Waals surface area contributed by atoms with Crippen molar-refractivity contribution in [3.8, 4) is 0 Å². The van der Waals surface area contributed by atoms with Crippen LogP contribution in [0.2, 0.25) is 0 Å². The van der Waals surface area contributed by atoms with E-state index in [1.54, 1.807) is 29.2 Å². The van der Waals surface area contributed by atoms with Gasteiger partial charge in [-0.1, -0.05) is 12.1 Å². The molecule has 1 heterocycles. The van der Waals surface area contributed by atoms with Gasteiger partial charge in [0.1, 0.15) is 0 Å². The topological polar surface area (TPSA) is 66.8 Å². The third-order valence-corrected chi connectivity index (χ3v) is 3.10. The van der Waals surface area contributed by atoms with Crippen molar-refractivity contribution in [3.05, 3.63) is 41.5 Å². The van der Waals surface area contributed by atoms with E-state index in [4.69, 9.17) is 9.84 Å². The van der Waals surface area contributed by atoms with Crippen LogP contribution in [0, 0.1) is 0 Å². The molecule has 1 aromatic carbocycles. The van der Waals surface area contributed by atoms with Gasteiger partial charge in [-0.25, -0.2) is 4.79 Å². The highest BCUT2D eigenvalue weighted by atomic mass is 16.5. The molecule has 1 aliphatic heterocycles. The Labute approximate surface area is 117 Å². The molecule has 1 aromatic rings. The maximum atomic E-state index is 12.3. The van der Waals surface area contributed by atoms with E-state index in [1.807, 2.05) is 6.92 Å². The smallest absolute Gasteiger partial charge is 0.328 e. The van der Waals surface area contributed by atoms with Crippen LogP contribution in [0.1, 0.15) is 22.8 Å². The molecule has 5 heteroatoms. The number of benzene rings is 1. The van der Waals surface area contributed by atoms with Gasteiger partial charge >= 0.3 is 5.97 Å². The van der Waals surface area contributed by atoms with Gasteiger partial charge in [0, 0.05) is 24.7 Å². The molecule has 2 rings (SSSR count). The second kappa shape index (κ2) is 6.34. The summed E-state index contributed by atoms with van der Waals surface area (Å²) in [6, 6.07) is 6.89. The molecule has 0 bridgehead atoms. The molecule has 0 aromatic heterocycles. The Morgan fingerprint density at radius 1 is 1.35 bits per heavy atom. The lowest BCUT2D eigenvalue weighted by Crippen LogP contribution is -2.44. The lowest BCUT2D eigenvalue weighted by atomic mass is 10.1. The van der Waals surface area contributed by atoms with Gasteiger partial charge in [-0.05, 0) is 30.7 Å². The molecular weight excluding hydrogens is 258 g/mol. The third-order valence-electron chi connectivity index (χ3n) is 3.10. The van der Waals surface area contributed by atoms with Crippen LogP contribution in [-0.4, -0.2) is 47.7 Å². The van der Waals surface area contributed by atoms with Crippen molar-refractivity contribution < 1.29 is 19.4 Å². The van der Waals surface area contributed by atoms with Gasteiger partial charge < -0.3 is 14.7 Å². The van der Waals surface area contributed by atoms with E-state index in [0.717, 1.165) is 11.6 Å². The summed E-state index contributed by atoms with van der Waals surface area (Å²) < 4.78 is 5.41. The number of morpholine rings is 1. The molecule has 1 saturated heterocycles. The van der Waals surface area contributed by atoms with Gasteiger partial charge in [0.25, 0.3) is 5.91 Å². The number of aliphatic carboxylic acids is 1. The largest absolute Gasteiger partial charge is 0.478 e. The molecule has 1 unspecified atom stereocenters. The van der Waals surface area contributed by atoms with Crippen LogP contribution < -0.4 is 0 Å². The molecule has 0 saturated carbocycles. The number of carbonyl (C=O) groups excluding carboxylic acids is 1. The van der Waals surface area contributed by atoms with Crippen molar-refractivity contribution in [2.75, 3.05) is 19.7 Å². The molecule has 0 spiro atoms. The Morgan fingerprint density at radius 3 is 2.65 bits per heavy atom. The molecule has 1 aliphatic rings. The number of hydrogen-bond acceptors (Lipinski definition) is 3. The minimum absolute atomic E-state index is 0.0195. The summed E-state index contributed by atoms with van der Waals surface area (Å²) in [6.07, 6.45) is 2.62. The van der Waals surface area contributed by atoms with E-state index in [1.165, 1.54) is 6.08 Å². The van der Waals surface area contributed by atoms with E-state index in [0.29, 0.717) is 25.3 Å². The van der Waals surface area contributed by atoms with Crippen molar-refractivity contribution >= 4 is 18.0 Å². The van der Waals surface area contributed by atoms with Crippen LogP contribution in [0.5, 0.6) is 0 Å². The Bertz CT molecular complexity index is 521. The normalized spacial score (nSPS) is 19.2. The zero-order valence-electron chi connectivity index (χ0n) is 11.3. The van der Waals surface area contributed by atoms with Crippen molar-refractivity contribution in [1.29, 1.82) is 0 Å². The lowest BCUT2D eigenvalue weighted by Gasteiger charge is -2.31. The molecule has 1 atom stereocenters. The minimum Gasteiger partial charge on any atom is -0.478 e. The zero-order valence-corrected chi connectivity index (χ0v) is 11.3. The summed E-state index contributed by atoms with van der Waals surface area (Å²) in [4.78, 5) is 24.5. The highest BCUT2D eigenvalue weighted by Crippen LogP contribution is 2.12. The van der Waals surface area contributed by atoms with Crippen LogP contribution in [0.4, 0.5) is 0 Å². The first kappa shape index (κ1) is 14.3. The molecule has 106 valence electrons. The number of carboxylic acid groups (broad SMARTS) is 1. The monoisotopic (exact) mass is 275 g/mol. The van der Waals surface area contributed by atoms with Gasteiger partial charge in [-0.15, -0.1) is 0 Å². The maximum absolute atomic E-state index is 12.3. The first-order valence-corrected chi connectivity index (χ1v) is 6.48. The number of nitrogens with zero attached hydrogens (tertiary/aromatic N) is 1. The minimum atomic E-state index is -0.993. The van der Waals surface area contributed by atoms with Crippen molar-refractivity contribution in [2.24, 2.45) is 0 Å². The number of hydrogen-bond donors (Lipinski definition) is 1. The first-order chi connectivity index (χ1) is 9.56. The molecular formula is C15H17NO4. The van der Waals surface area contributed by atoms with Crippen LogP contribution >= 0.6 is 0 Å². The number of carbonyl (C=O) groups is 2. The van der Waals surface area contributed by atoms with Gasteiger partial charge in [0.2, 0.25) is 0 Å². The van der Waals surface area contributed by atoms with Crippen molar-refractivity contribution in [2.45, 2.75) is 13.0 Å². The second-order valence-corrected chi connectivity index (χ2v) is 4.73. The third kappa shape index (κ3) is 3.68. The predicted octanol–water partition coefficient (Wildman–Crippen LogP) is 1.65. The quantitative estimate of drug-likeness (QED) is 0.852. The summed E-state index contributed by atoms with van der Waals surface area (Å²) >= 11 is 0. The molecule has 1 fully saturated rings. The Morgan fingerprint density at radius 2 is 2.05 bits per heavy atom. The Balaban J connectivity index is 2.05. The van der Waals surface area contributed by atoms with Crippen LogP contribution in [0.25, 0.3) is 6.08 Å². The van der Waals surface area contributed by atoms with Gasteiger partial charge in [0.05, 0.1) is 12.7 Å². The van der Waals surface area contributed by atoms with Crippen molar-refractivity contribution in [1.82, 2.24) is 4.90 Å². The molecule has 0 radical (unpaired) electrons. The standard InChI is InChI=1S/C15H17NO4/c1-11-10-16(8-9-20-11)15(19)13-5-2-12(3-6-13)4-7-14(17)18/h2-7,11H,8-10H2,1H3,(H,17,18). The van der Waals surface area contributed by atoms with Crippen LogP contribution in [0.3, 0.4) is 0 Å². The number of carboxylic acids is 1. The first-order valence-electron chi connectivity index (χ1n) is 6.48. The zero-order chi connectivity index (χ0) is 14.5. The van der Waals surface area contributed by atoms with E-state index in [2.05, 4.69) is 0 Å². The van der Waals surface area contributed by atoms with Gasteiger partial charge in [-0.2, -0.15) is 0 Å². The number of amides is 1. The van der Waals surface area contributed by atoms with Crippen molar-refractivity contribution in [3.63, 3.8) is 0 Å². The van der Waals surface area contributed by atoms with Crippen LogP contribution in [-0.2, 0) is 9.53 Å². The number of ether oxygens (including phenoxy) is 1. The SMILES string of the molecule is CC1CN(C(=O)c2ccc(C=CC(=O)O)cc2)CCO1. The Hall–Kier alpha value is -2.14. The van der Waals surface area contributed by atoms with E-state index < -0.39 is 5.97 Å². The van der Waals surface area contributed by atoms with E-state index in [9.17, 15) is 9.59 Å². The maximum Gasteiger partial charge on any atom is 0.328 e. The summed E-state index contributed by atoms with van der Waals surface area (Å²) in [5.74, 6) is -1.01. The van der Waals surface area contributed by atoms with E-state index >= 15 is 0 Å². The van der Waals surface area contributed by atoms with Gasteiger partial charge in [-0.3, -0.25) is 4.79 Å². The second-order valence-electron chi connectivity index (χ2n) is 4.73. The fraction of sp³-hybridized carbons (Fsp3) is 0.333. The highest BCUT2D eigenvalue weighted by molar-refractivity contribution is 5.94. The summed E-state index contributed by atoms with van der Waals surface area (Å²) in [5, 5.41) is 8.55. The fourth-order valence-corrected chi connectivity index (χ4v) is 2.09. The summed E-state index contributed by atoms with van der Waals surface area (Å²) in [7, 11) is 0. The average Bonchev–Trinajstić information content (AvgIpc) is 2.45. The van der Waals surface area contributed by atoms with Crippen LogP contribution in [0.15, 0.2) is 30.3 Å². The summed E-state index contributed by atoms with van der Waals surface area (Å²) in [5.41, 5.74) is 1.35. The highest BCUT2D eigenvalue weighted by Gasteiger charge is 2.22. The average molecular weight is 275 g/mol. The molecule has 1 amide bonds. The Kier molecular flexibility index (Phi) is 4.53. The molecule has 20 heavy (non-hydrogen) atoms.